The van der Waals surface area contributed by atoms with E-state index in [0.29, 0.717) is 6.04 Å². The smallest absolute Gasteiger partial charge is 0.0624 e. The highest BCUT2D eigenvalue weighted by Gasteiger charge is 2.17. The van der Waals surface area contributed by atoms with Crippen LogP contribution in [0.3, 0.4) is 0 Å². The molecule has 15 heavy (non-hydrogen) atoms. The fraction of sp³-hybridized carbons (Fsp3) is 0.750. The van der Waals surface area contributed by atoms with Crippen LogP contribution in [0.4, 0.5) is 0 Å². The van der Waals surface area contributed by atoms with Crippen molar-refractivity contribution in [3.05, 3.63) is 18.0 Å². The summed E-state index contributed by atoms with van der Waals surface area (Å²) in [6.45, 7) is 0. The third-order valence-electron chi connectivity index (χ3n) is 3.18. The van der Waals surface area contributed by atoms with Crippen LogP contribution in [-0.2, 0) is 6.42 Å². The molecule has 1 aromatic heterocycles. The average molecular weight is 227 g/mol. The minimum atomic E-state index is 0.673. The Labute approximate surface area is 96.6 Å². The molecular weight excluding hydrogens is 208 g/mol. The van der Waals surface area contributed by atoms with Crippen molar-refractivity contribution in [2.75, 3.05) is 5.88 Å². The zero-order chi connectivity index (χ0) is 10.5. The van der Waals surface area contributed by atoms with Crippen LogP contribution in [0.2, 0.25) is 0 Å². The Hall–Kier alpha value is -0.500. The normalized spacial score (nSPS) is 17.4. The quantitative estimate of drug-likeness (QED) is 0.555. The molecule has 84 valence electrons. The molecule has 1 aromatic rings. The SMILES string of the molecule is ClCCCCc1ccn(C2CCCC2)n1. The number of halogens is 1. The molecule has 3 heteroatoms. The topological polar surface area (TPSA) is 17.8 Å². The van der Waals surface area contributed by atoms with Gasteiger partial charge in [-0.25, -0.2) is 0 Å². The maximum Gasteiger partial charge on any atom is 0.0624 e. The van der Waals surface area contributed by atoms with Gasteiger partial charge in [-0.3, -0.25) is 4.68 Å². The van der Waals surface area contributed by atoms with Crippen molar-refractivity contribution < 1.29 is 0 Å². The van der Waals surface area contributed by atoms with Crippen molar-refractivity contribution in [1.82, 2.24) is 9.78 Å². The number of nitrogens with zero attached hydrogens (tertiary/aromatic N) is 2. The monoisotopic (exact) mass is 226 g/mol. The highest BCUT2D eigenvalue weighted by Crippen LogP contribution is 2.28. The second-order valence-corrected chi connectivity index (χ2v) is 4.75. The predicted molar refractivity (Wildman–Crippen MR) is 63.4 cm³/mol. The summed E-state index contributed by atoms with van der Waals surface area (Å²) in [7, 11) is 0. The molecule has 0 spiro atoms. The van der Waals surface area contributed by atoms with Gasteiger partial charge in [-0.1, -0.05) is 12.8 Å². The van der Waals surface area contributed by atoms with E-state index in [0.717, 1.165) is 25.1 Å². The third-order valence-corrected chi connectivity index (χ3v) is 3.45. The fourth-order valence-electron chi connectivity index (χ4n) is 2.28. The zero-order valence-corrected chi connectivity index (χ0v) is 9.92. The molecule has 0 radical (unpaired) electrons. The van der Waals surface area contributed by atoms with Gasteiger partial charge in [0, 0.05) is 12.1 Å². The van der Waals surface area contributed by atoms with Crippen LogP contribution in [0.15, 0.2) is 12.3 Å². The predicted octanol–water partition coefficient (Wildman–Crippen LogP) is 3.56. The molecule has 0 amide bonds. The van der Waals surface area contributed by atoms with Crippen molar-refractivity contribution in [3.8, 4) is 0 Å². The number of aryl methyl sites for hydroxylation is 1. The molecule has 1 aliphatic rings. The summed E-state index contributed by atoms with van der Waals surface area (Å²) in [4.78, 5) is 0. The summed E-state index contributed by atoms with van der Waals surface area (Å²) in [6.07, 6.45) is 10.8. The van der Waals surface area contributed by atoms with Crippen molar-refractivity contribution in [3.63, 3.8) is 0 Å². The van der Waals surface area contributed by atoms with E-state index in [1.165, 1.54) is 31.4 Å². The van der Waals surface area contributed by atoms with Crippen molar-refractivity contribution in [1.29, 1.82) is 0 Å². The van der Waals surface area contributed by atoms with Gasteiger partial charge < -0.3 is 0 Å². The summed E-state index contributed by atoms with van der Waals surface area (Å²) < 4.78 is 2.17. The first kappa shape index (κ1) is 11.0. The van der Waals surface area contributed by atoms with Gasteiger partial charge in [-0.05, 0) is 38.2 Å². The molecule has 2 rings (SSSR count). The van der Waals surface area contributed by atoms with Crippen LogP contribution in [0.5, 0.6) is 0 Å². The molecule has 1 saturated carbocycles. The van der Waals surface area contributed by atoms with Gasteiger partial charge in [-0.15, -0.1) is 11.6 Å². The minimum absolute atomic E-state index is 0.673. The average Bonchev–Trinajstić information content (AvgIpc) is 2.87. The molecule has 1 heterocycles. The van der Waals surface area contributed by atoms with Gasteiger partial charge in [0.2, 0.25) is 0 Å². The lowest BCUT2D eigenvalue weighted by Gasteiger charge is -2.08. The maximum atomic E-state index is 5.65. The largest absolute Gasteiger partial charge is 0.269 e. The Kier molecular flexibility index (Phi) is 4.07. The number of hydrogen-bond acceptors (Lipinski definition) is 1. The minimum Gasteiger partial charge on any atom is -0.269 e. The van der Waals surface area contributed by atoms with Gasteiger partial charge in [0.05, 0.1) is 11.7 Å². The van der Waals surface area contributed by atoms with E-state index in [-0.39, 0.29) is 0 Å². The second-order valence-electron chi connectivity index (χ2n) is 4.37. The van der Waals surface area contributed by atoms with Crippen LogP contribution in [0, 0.1) is 0 Å². The van der Waals surface area contributed by atoms with Crippen LogP contribution in [0.1, 0.15) is 50.3 Å². The van der Waals surface area contributed by atoms with E-state index in [1.54, 1.807) is 0 Å². The molecule has 1 aliphatic carbocycles. The van der Waals surface area contributed by atoms with Crippen molar-refractivity contribution in [2.24, 2.45) is 0 Å². The lowest BCUT2D eigenvalue weighted by molar-refractivity contribution is 0.462. The van der Waals surface area contributed by atoms with Gasteiger partial charge in [0.1, 0.15) is 0 Å². The maximum absolute atomic E-state index is 5.65. The Bertz CT molecular complexity index is 290. The molecule has 2 nitrogen and oxygen atoms in total. The van der Waals surface area contributed by atoms with E-state index < -0.39 is 0 Å². The van der Waals surface area contributed by atoms with Crippen molar-refractivity contribution in [2.45, 2.75) is 51.0 Å². The van der Waals surface area contributed by atoms with Gasteiger partial charge >= 0.3 is 0 Å². The molecule has 0 bridgehead atoms. The Morgan fingerprint density at radius 2 is 2.13 bits per heavy atom. The molecule has 0 saturated heterocycles. The number of unbranched alkanes of at least 4 members (excludes halogenated alkanes) is 1. The molecule has 1 fully saturated rings. The summed E-state index contributed by atoms with van der Waals surface area (Å²) in [5, 5.41) is 4.64. The highest BCUT2D eigenvalue weighted by atomic mass is 35.5. The van der Waals surface area contributed by atoms with E-state index in [4.69, 9.17) is 11.6 Å². The highest BCUT2D eigenvalue weighted by molar-refractivity contribution is 6.17. The molecule has 0 aliphatic heterocycles. The second kappa shape index (κ2) is 5.55. The Balaban J connectivity index is 1.86. The van der Waals surface area contributed by atoms with E-state index in [9.17, 15) is 0 Å². The lowest BCUT2D eigenvalue weighted by atomic mass is 10.2. The molecule has 0 atom stereocenters. The van der Waals surface area contributed by atoms with Gasteiger partial charge in [-0.2, -0.15) is 5.10 Å². The molecular formula is C12H19ClN2. The Morgan fingerprint density at radius 3 is 2.87 bits per heavy atom. The number of alkyl halides is 1. The first-order chi connectivity index (χ1) is 7.40. The van der Waals surface area contributed by atoms with E-state index in [1.807, 2.05) is 0 Å². The van der Waals surface area contributed by atoms with E-state index in [2.05, 4.69) is 22.0 Å². The van der Waals surface area contributed by atoms with Crippen LogP contribution < -0.4 is 0 Å². The van der Waals surface area contributed by atoms with Gasteiger partial charge in [0.25, 0.3) is 0 Å². The summed E-state index contributed by atoms with van der Waals surface area (Å²) in [6, 6.07) is 2.83. The number of hydrogen-bond donors (Lipinski definition) is 0. The first-order valence-electron chi connectivity index (χ1n) is 6.00. The fourth-order valence-corrected chi connectivity index (χ4v) is 2.47. The first-order valence-corrected chi connectivity index (χ1v) is 6.53. The standard InChI is InChI=1S/C12H19ClN2/c13-9-4-3-5-11-8-10-15(14-11)12-6-1-2-7-12/h8,10,12H,1-7,9H2. The van der Waals surface area contributed by atoms with Gasteiger partial charge in [0.15, 0.2) is 0 Å². The Morgan fingerprint density at radius 1 is 1.33 bits per heavy atom. The third kappa shape index (κ3) is 2.97. The summed E-state index contributed by atoms with van der Waals surface area (Å²) in [5.41, 5.74) is 1.23. The molecule has 0 unspecified atom stereocenters. The van der Waals surface area contributed by atoms with E-state index >= 15 is 0 Å². The summed E-state index contributed by atoms with van der Waals surface area (Å²) in [5.74, 6) is 0.767. The van der Waals surface area contributed by atoms with Crippen LogP contribution >= 0.6 is 11.6 Å². The van der Waals surface area contributed by atoms with Crippen LogP contribution in [-0.4, -0.2) is 15.7 Å². The molecule has 0 aromatic carbocycles. The van der Waals surface area contributed by atoms with Crippen LogP contribution in [0.25, 0.3) is 0 Å². The van der Waals surface area contributed by atoms with Crippen molar-refractivity contribution >= 4 is 11.6 Å². The lowest BCUT2D eigenvalue weighted by Crippen LogP contribution is -2.05. The summed E-state index contributed by atoms with van der Waals surface area (Å²) >= 11 is 5.65. The zero-order valence-electron chi connectivity index (χ0n) is 9.16. The number of aromatic nitrogens is 2. The molecule has 0 N–H and O–H groups in total. The number of rotatable bonds is 5.